The van der Waals surface area contributed by atoms with Crippen molar-refractivity contribution in [1.29, 1.82) is 0 Å². The molecule has 1 fully saturated rings. The highest BCUT2D eigenvalue weighted by Gasteiger charge is 2.15. The first kappa shape index (κ1) is 16.7. The molecule has 2 rings (SSSR count). The predicted octanol–water partition coefficient (Wildman–Crippen LogP) is 1.74. The highest BCUT2D eigenvalue weighted by Crippen LogP contribution is 2.25. The summed E-state index contributed by atoms with van der Waals surface area (Å²) in [6.45, 7) is 4.34. The van der Waals surface area contributed by atoms with E-state index in [0.717, 1.165) is 24.6 Å². The fraction of sp³-hybridized carbons (Fsp3) is 0.500. The van der Waals surface area contributed by atoms with Crippen LogP contribution in [0.15, 0.2) is 29.3 Å². The van der Waals surface area contributed by atoms with Crippen LogP contribution in [0.3, 0.4) is 0 Å². The Morgan fingerprint density at radius 2 is 2.32 bits per heavy atom. The van der Waals surface area contributed by atoms with Gasteiger partial charge in [0.15, 0.2) is 5.96 Å². The monoisotopic (exact) mass is 320 g/mol. The lowest BCUT2D eigenvalue weighted by Gasteiger charge is -2.14. The van der Waals surface area contributed by atoms with Gasteiger partial charge in [-0.05, 0) is 43.2 Å². The van der Waals surface area contributed by atoms with Gasteiger partial charge in [0.2, 0.25) is 5.91 Å². The molecule has 1 aliphatic heterocycles. The zero-order valence-corrected chi connectivity index (χ0v) is 13.8. The smallest absolute Gasteiger partial charge is 0.248 e. The van der Waals surface area contributed by atoms with Crippen molar-refractivity contribution in [1.82, 2.24) is 10.6 Å². The van der Waals surface area contributed by atoms with E-state index in [9.17, 15) is 4.79 Å². The van der Waals surface area contributed by atoms with Gasteiger partial charge in [0.25, 0.3) is 0 Å². The van der Waals surface area contributed by atoms with Gasteiger partial charge in [-0.15, -0.1) is 0 Å². The molecular weight excluding hydrogens is 296 g/mol. The van der Waals surface area contributed by atoms with Crippen molar-refractivity contribution in [3.8, 4) is 0 Å². The Balaban J connectivity index is 1.93. The molecule has 22 heavy (non-hydrogen) atoms. The second-order valence-corrected chi connectivity index (χ2v) is 6.68. The summed E-state index contributed by atoms with van der Waals surface area (Å²) in [5, 5.41) is 7.33. The Bertz CT molecular complexity index is 527. The molecule has 1 aromatic carbocycles. The summed E-state index contributed by atoms with van der Waals surface area (Å²) >= 11 is 2.03. The first-order valence-corrected chi connectivity index (χ1v) is 8.76. The molecule has 1 aliphatic rings. The minimum atomic E-state index is -0.408. The number of rotatable bonds is 6. The molecule has 0 aliphatic carbocycles. The molecule has 1 amide bonds. The summed E-state index contributed by atoms with van der Waals surface area (Å²) in [6, 6.07) is 7.30. The number of carbonyl (C=O) groups is 1. The van der Waals surface area contributed by atoms with Crippen LogP contribution in [0.25, 0.3) is 0 Å². The third-order valence-corrected chi connectivity index (χ3v) is 4.89. The summed E-state index contributed by atoms with van der Waals surface area (Å²) in [5.74, 6) is 1.67. The van der Waals surface area contributed by atoms with Crippen molar-refractivity contribution in [3.05, 3.63) is 35.4 Å². The van der Waals surface area contributed by atoms with E-state index in [1.807, 2.05) is 23.9 Å². The van der Waals surface area contributed by atoms with Gasteiger partial charge in [0, 0.05) is 23.9 Å². The number of aliphatic imine (C=N–C) groups is 1. The first-order chi connectivity index (χ1) is 10.7. The third kappa shape index (κ3) is 5.26. The van der Waals surface area contributed by atoms with Crippen molar-refractivity contribution in [3.63, 3.8) is 0 Å². The van der Waals surface area contributed by atoms with Crippen molar-refractivity contribution in [2.75, 3.05) is 18.8 Å². The number of hydrogen-bond acceptors (Lipinski definition) is 3. The van der Waals surface area contributed by atoms with Crippen LogP contribution in [0.2, 0.25) is 0 Å². The van der Waals surface area contributed by atoms with Crippen LogP contribution in [0.1, 0.15) is 35.7 Å². The van der Waals surface area contributed by atoms with Gasteiger partial charge in [0.1, 0.15) is 0 Å². The zero-order chi connectivity index (χ0) is 15.8. The van der Waals surface area contributed by atoms with Crippen LogP contribution >= 0.6 is 11.8 Å². The average Bonchev–Trinajstić information content (AvgIpc) is 3.03. The van der Waals surface area contributed by atoms with Crippen LogP contribution in [0.5, 0.6) is 0 Å². The topological polar surface area (TPSA) is 79.5 Å². The van der Waals surface area contributed by atoms with Crippen LogP contribution in [0, 0.1) is 0 Å². The summed E-state index contributed by atoms with van der Waals surface area (Å²) in [6.07, 6.45) is 2.59. The standard InChI is InChI=1S/C16H24N4OS/c1-2-18-16(20-11-14-7-4-8-22-14)19-10-12-5-3-6-13(9-12)15(17)21/h3,5-6,9,14H,2,4,7-8,10-11H2,1H3,(H2,17,21)(H2,18,19,20). The molecule has 0 aromatic heterocycles. The summed E-state index contributed by atoms with van der Waals surface area (Å²) in [5.41, 5.74) is 6.80. The second kappa shape index (κ2) is 8.68. The maximum Gasteiger partial charge on any atom is 0.248 e. The van der Waals surface area contributed by atoms with Gasteiger partial charge >= 0.3 is 0 Å². The highest BCUT2D eigenvalue weighted by molar-refractivity contribution is 8.00. The second-order valence-electron chi connectivity index (χ2n) is 5.28. The lowest BCUT2D eigenvalue weighted by molar-refractivity contribution is 0.1000. The number of carbonyl (C=O) groups excluding carboxylic acids is 1. The number of nitrogens with two attached hydrogens (primary N) is 1. The van der Waals surface area contributed by atoms with Crippen LogP contribution in [-0.4, -0.2) is 36.0 Å². The van der Waals surface area contributed by atoms with E-state index in [-0.39, 0.29) is 0 Å². The van der Waals surface area contributed by atoms with Crippen LogP contribution in [-0.2, 0) is 6.54 Å². The number of amides is 1. The average molecular weight is 320 g/mol. The largest absolute Gasteiger partial charge is 0.366 e. The fourth-order valence-corrected chi connectivity index (χ4v) is 3.55. The molecular formula is C16H24N4OS. The number of guanidine groups is 1. The molecule has 0 saturated carbocycles. The number of nitrogens with zero attached hydrogens (tertiary/aromatic N) is 1. The van der Waals surface area contributed by atoms with Gasteiger partial charge in [-0.25, -0.2) is 4.99 Å². The summed E-state index contributed by atoms with van der Waals surface area (Å²) in [7, 11) is 0. The van der Waals surface area contributed by atoms with Crippen LogP contribution in [0.4, 0.5) is 0 Å². The molecule has 1 aromatic rings. The van der Waals surface area contributed by atoms with Gasteiger partial charge < -0.3 is 16.4 Å². The highest BCUT2D eigenvalue weighted by atomic mass is 32.2. The Kier molecular flexibility index (Phi) is 6.58. The molecule has 5 nitrogen and oxygen atoms in total. The molecule has 1 heterocycles. The molecule has 1 atom stereocenters. The van der Waals surface area contributed by atoms with E-state index in [4.69, 9.17) is 5.73 Å². The lowest BCUT2D eigenvalue weighted by atomic mass is 10.1. The van der Waals surface area contributed by atoms with Crippen molar-refractivity contribution >= 4 is 23.6 Å². The maximum atomic E-state index is 11.2. The lowest BCUT2D eigenvalue weighted by Crippen LogP contribution is -2.40. The maximum absolute atomic E-state index is 11.2. The Morgan fingerprint density at radius 1 is 1.45 bits per heavy atom. The Hall–Kier alpha value is -1.69. The van der Waals surface area contributed by atoms with E-state index < -0.39 is 5.91 Å². The third-order valence-electron chi connectivity index (χ3n) is 3.50. The van der Waals surface area contributed by atoms with Crippen LogP contribution < -0.4 is 16.4 Å². The van der Waals surface area contributed by atoms with Crippen molar-refractivity contribution < 1.29 is 4.79 Å². The van der Waals surface area contributed by atoms with E-state index in [0.29, 0.717) is 17.4 Å². The molecule has 0 spiro atoms. The number of benzene rings is 1. The quantitative estimate of drug-likeness (QED) is 0.551. The number of nitrogens with one attached hydrogen (secondary N) is 2. The van der Waals surface area contributed by atoms with Gasteiger partial charge in [-0.2, -0.15) is 11.8 Å². The van der Waals surface area contributed by atoms with Crippen molar-refractivity contribution in [2.24, 2.45) is 10.7 Å². The number of thioether (sulfide) groups is 1. The van der Waals surface area contributed by atoms with E-state index in [2.05, 4.69) is 22.5 Å². The molecule has 0 radical (unpaired) electrons. The minimum Gasteiger partial charge on any atom is -0.366 e. The zero-order valence-electron chi connectivity index (χ0n) is 13.0. The first-order valence-electron chi connectivity index (χ1n) is 7.71. The number of primary amides is 1. The summed E-state index contributed by atoms with van der Waals surface area (Å²) in [4.78, 5) is 15.8. The molecule has 4 N–H and O–H groups in total. The predicted molar refractivity (Wildman–Crippen MR) is 93.3 cm³/mol. The van der Waals surface area contributed by atoms with Gasteiger partial charge in [0.05, 0.1) is 6.54 Å². The Labute approximate surface area is 136 Å². The van der Waals surface area contributed by atoms with E-state index >= 15 is 0 Å². The molecule has 6 heteroatoms. The molecule has 120 valence electrons. The van der Waals surface area contributed by atoms with Gasteiger partial charge in [-0.1, -0.05) is 12.1 Å². The van der Waals surface area contributed by atoms with E-state index in [1.54, 1.807) is 12.1 Å². The SMILES string of the molecule is CCNC(=NCc1cccc(C(N)=O)c1)NCC1CCCS1. The minimum absolute atomic E-state index is 0.408. The molecule has 1 unspecified atom stereocenters. The van der Waals surface area contributed by atoms with Crippen molar-refractivity contribution in [2.45, 2.75) is 31.6 Å². The fourth-order valence-electron chi connectivity index (χ4n) is 2.35. The summed E-state index contributed by atoms with van der Waals surface area (Å²) < 4.78 is 0. The normalized spacial score (nSPS) is 18.2. The number of hydrogen-bond donors (Lipinski definition) is 3. The van der Waals surface area contributed by atoms with Gasteiger partial charge in [-0.3, -0.25) is 4.79 Å². The molecule has 1 saturated heterocycles. The van der Waals surface area contributed by atoms with E-state index in [1.165, 1.54) is 18.6 Å². The molecule has 0 bridgehead atoms. The Morgan fingerprint density at radius 3 is 3.00 bits per heavy atom.